The SMILES string of the molecule is C1=CC2C=CCCC=NC2C=C1. The first kappa shape index (κ1) is 7.53. The van der Waals surface area contributed by atoms with E-state index in [9.17, 15) is 0 Å². The zero-order valence-electron chi connectivity index (χ0n) is 7.06. The van der Waals surface area contributed by atoms with E-state index in [4.69, 9.17) is 0 Å². The van der Waals surface area contributed by atoms with Crippen LogP contribution < -0.4 is 0 Å². The third-order valence-corrected chi connectivity index (χ3v) is 2.25. The summed E-state index contributed by atoms with van der Waals surface area (Å²) < 4.78 is 0. The van der Waals surface area contributed by atoms with E-state index in [0.29, 0.717) is 12.0 Å². The molecule has 2 rings (SSSR count). The van der Waals surface area contributed by atoms with Gasteiger partial charge in [0.1, 0.15) is 0 Å². The number of hydrogen-bond donors (Lipinski definition) is 0. The highest BCUT2D eigenvalue weighted by Crippen LogP contribution is 2.18. The number of allylic oxidation sites excluding steroid dienone is 3. The predicted octanol–water partition coefficient (Wildman–Crippen LogP) is 2.52. The van der Waals surface area contributed by atoms with Crippen molar-refractivity contribution in [1.29, 1.82) is 0 Å². The fraction of sp³-hybridized carbons (Fsp3) is 0.364. The molecule has 0 aromatic heterocycles. The first-order chi connectivity index (χ1) is 5.97. The Morgan fingerprint density at radius 1 is 1.00 bits per heavy atom. The van der Waals surface area contributed by atoms with Gasteiger partial charge in [0.15, 0.2) is 0 Å². The second-order valence-electron chi connectivity index (χ2n) is 3.17. The van der Waals surface area contributed by atoms with E-state index in [-0.39, 0.29) is 0 Å². The molecule has 1 heteroatoms. The highest BCUT2D eigenvalue weighted by molar-refractivity contribution is 5.58. The molecule has 0 saturated carbocycles. The van der Waals surface area contributed by atoms with Gasteiger partial charge < -0.3 is 0 Å². The van der Waals surface area contributed by atoms with Crippen LogP contribution in [0, 0.1) is 5.92 Å². The number of aliphatic imine (C=N–C) groups is 1. The quantitative estimate of drug-likeness (QED) is 0.481. The number of nitrogens with zero attached hydrogens (tertiary/aromatic N) is 1. The van der Waals surface area contributed by atoms with Crippen LogP contribution in [0.3, 0.4) is 0 Å². The van der Waals surface area contributed by atoms with Crippen molar-refractivity contribution in [1.82, 2.24) is 0 Å². The minimum Gasteiger partial charge on any atom is -0.289 e. The molecule has 12 heavy (non-hydrogen) atoms. The lowest BCUT2D eigenvalue weighted by molar-refractivity contribution is 0.680. The van der Waals surface area contributed by atoms with Crippen molar-refractivity contribution in [3.8, 4) is 0 Å². The monoisotopic (exact) mass is 159 g/mol. The summed E-state index contributed by atoms with van der Waals surface area (Å²) in [6.45, 7) is 0. The Kier molecular flexibility index (Phi) is 2.21. The predicted molar refractivity (Wildman–Crippen MR) is 52.4 cm³/mol. The smallest absolute Gasteiger partial charge is 0.0776 e. The average Bonchev–Trinajstić information content (AvgIpc) is 2.06. The van der Waals surface area contributed by atoms with Crippen LogP contribution in [0.25, 0.3) is 0 Å². The first-order valence-electron chi connectivity index (χ1n) is 4.50. The molecule has 0 spiro atoms. The number of rotatable bonds is 0. The fourth-order valence-electron chi connectivity index (χ4n) is 1.56. The summed E-state index contributed by atoms with van der Waals surface area (Å²) in [6.07, 6.45) is 17.3. The van der Waals surface area contributed by atoms with Crippen LogP contribution >= 0.6 is 0 Å². The maximum absolute atomic E-state index is 4.49. The van der Waals surface area contributed by atoms with Crippen molar-refractivity contribution < 1.29 is 0 Å². The summed E-state index contributed by atoms with van der Waals surface area (Å²) in [5.41, 5.74) is 0. The molecule has 1 aliphatic heterocycles. The van der Waals surface area contributed by atoms with E-state index in [2.05, 4.69) is 41.4 Å². The Bertz CT molecular complexity index is 230. The molecule has 0 N–H and O–H groups in total. The summed E-state index contributed by atoms with van der Waals surface area (Å²) in [5, 5.41) is 0. The molecular formula is C11H13N. The van der Waals surface area contributed by atoms with Crippen molar-refractivity contribution in [2.24, 2.45) is 10.9 Å². The van der Waals surface area contributed by atoms with Gasteiger partial charge in [-0.2, -0.15) is 0 Å². The average molecular weight is 159 g/mol. The van der Waals surface area contributed by atoms with Gasteiger partial charge in [-0.3, -0.25) is 4.99 Å². The van der Waals surface area contributed by atoms with E-state index in [1.165, 1.54) is 0 Å². The molecule has 1 heterocycles. The zero-order valence-corrected chi connectivity index (χ0v) is 7.06. The lowest BCUT2D eigenvalue weighted by atomic mass is 9.94. The Balaban J connectivity index is 2.19. The van der Waals surface area contributed by atoms with Crippen molar-refractivity contribution in [3.63, 3.8) is 0 Å². The fourth-order valence-corrected chi connectivity index (χ4v) is 1.56. The van der Waals surface area contributed by atoms with Crippen molar-refractivity contribution in [3.05, 3.63) is 36.5 Å². The van der Waals surface area contributed by atoms with Crippen molar-refractivity contribution in [2.45, 2.75) is 18.9 Å². The zero-order chi connectivity index (χ0) is 8.23. The Labute approximate surface area is 73.2 Å². The molecule has 62 valence electrons. The minimum atomic E-state index is 0.353. The molecular weight excluding hydrogens is 146 g/mol. The molecule has 0 bridgehead atoms. The molecule has 0 fully saturated rings. The van der Waals surface area contributed by atoms with Crippen LogP contribution in [0.1, 0.15) is 12.8 Å². The van der Waals surface area contributed by atoms with Gasteiger partial charge in [-0.25, -0.2) is 0 Å². The van der Waals surface area contributed by atoms with E-state index >= 15 is 0 Å². The van der Waals surface area contributed by atoms with Crippen LogP contribution in [0.2, 0.25) is 0 Å². The molecule has 0 aromatic carbocycles. The van der Waals surface area contributed by atoms with Crippen molar-refractivity contribution >= 4 is 6.21 Å². The van der Waals surface area contributed by atoms with E-state index < -0.39 is 0 Å². The van der Waals surface area contributed by atoms with Gasteiger partial charge in [0.05, 0.1) is 6.04 Å². The van der Waals surface area contributed by atoms with Gasteiger partial charge in [0, 0.05) is 5.92 Å². The van der Waals surface area contributed by atoms with Gasteiger partial charge in [0.25, 0.3) is 0 Å². The molecule has 2 atom stereocenters. The summed E-state index contributed by atoms with van der Waals surface area (Å²) in [4.78, 5) is 4.49. The second kappa shape index (κ2) is 3.53. The molecule has 2 unspecified atom stereocenters. The van der Waals surface area contributed by atoms with Gasteiger partial charge in [0.2, 0.25) is 0 Å². The third-order valence-electron chi connectivity index (χ3n) is 2.25. The van der Waals surface area contributed by atoms with Crippen LogP contribution in [0.15, 0.2) is 41.4 Å². The van der Waals surface area contributed by atoms with Crippen LogP contribution in [0.5, 0.6) is 0 Å². The molecule has 0 amide bonds. The minimum absolute atomic E-state index is 0.353. The summed E-state index contributed by atoms with van der Waals surface area (Å²) in [7, 11) is 0. The van der Waals surface area contributed by atoms with Gasteiger partial charge in [-0.1, -0.05) is 36.5 Å². The summed E-state index contributed by atoms with van der Waals surface area (Å²) in [5.74, 6) is 0.492. The third kappa shape index (κ3) is 1.55. The van der Waals surface area contributed by atoms with E-state index in [1.54, 1.807) is 0 Å². The normalized spacial score (nSPS) is 32.7. The summed E-state index contributed by atoms with van der Waals surface area (Å²) in [6, 6.07) is 0.353. The molecule has 1 aliphatic carbocycles. The maximum atomic E-state index is 4.49. The largest absolute Gasteiger partial charge is 0.289 e. The Morgan fingerprint density at radius 3 is 2.92 bits per heavy atom. The highest BCUT2D eigenvalue weighted by atomic mass is 14.8. The standard InChI is InChI=1S/C11H13N/c1-2-6-10-7-3-4-8-11(10)12-9-5-1/h2-4,6-11H,1,5H2. The van der Waals surface area contributed by atoms with Crippen LogP contribution in [-0.2, 0) is 0 Å². The van der Waals surface area contributed by atoms with Crippen LogP contribution in [0.4, 0.5) is 0 Å². The lowest BCUT2D eigenvalue weighted by Gasteiger charge is -2.18. The maximum Gasteiger partial charge on any atom is 0.0776 e. The van der Waals surface area contributed by atoms with Crippen molar-refractivity contribution in [2.75, 3.05) is 0 Å². The Morgan fingerprint density at radius 2 is 1.92 bits per heavy atom. The number of fused-ring (bicyclic) bond motifs is 1. The molecule has 0 radical (unpaired) electrons. The molecule has 2 aliphatic rings. The lowest BCUT2D eigenvalue weighted by Crippen LogP contribution is -2.15. The second-order valence-corrected chi connectivity index (χ2v) is 3.17. The van der Waals surface area contributed by atoms with E-state index in [1.807, 2.05) is 6.21 Å². The van der Waals surface area contributed by atoms with E-state index in [0.717, 1.165) is 12.8 Å². The topological polar surface area (TPSA) is 12.4 Å². The Hall–Kier alpha value is -1.11. The summed E-state index contributed by atoms with van der Waals surface area (Å²) >= 11 is 0. The first-order valence-corrected chi connectivity index (χ1v) is 4.50. The highest BCUT2D eigenvalue weighted by Gasteiger charge is 2.14. The molecule has 0 saturated heterocycles. The van der Waals surface area contributed by atoms with Gasteiger partial charge in [-0.05, 0) is 19.1 Å². The number of hydrogen-bond acceptors (Lipinski definition) is 1. The van der Waals surface area contributed by atoms with Gasteiger partial charge in [-0.15, -0.1) is 0 Å². The molecule has 0 aromatic rings. The molecule has 1 nitrogen and oxygen atoms in total. The van der Waals surface area contributed by atoms with Gasteiger partial charge >= 0.3 is 0 Å². The van der Waals surface area contributed by atoms with Crippen LogP contribution in [-0.4, -0.2) is 12.3 Å².